The first-order valence-corrected chi connectivity index (χ1v) is 14.1. The number of alkyl halides is 3. The maximum Gasteiger partial charge on any atom is 0.433 e. The Hall–Kier alpha value is -3.10. The number of aliphatic carboxylic acids is 1. The maximum atomic E-state index is 13.1. The minimum Gasteiger partial charge on any atom is -0.481 e. The summed E-state index contributed by atoms with van der Waals surface area (Å²) in [7, 11) is -3.72. The summed E-state index contributed by atoms with van der Waals surface area (Å²) in [6, 6.07) is 4.90. The van der Waals surface area contributed by atoms with Crippen molar-refractivity contribution in [2.45, 2.75) is 49.8 Å². The van der Waals surface area contributed by atoms with E-state index in [1.165, 1.54) is 24.4 Å². The third-order valence-electron chi connectivity index (χ3n) is 6.56. The Morgan fingerprint density at radius 2 is 1.92 bits per heavy atom. The molecule has 2 aromatic heterocycles. The van der Waals surface area contributed by atoms with E-state index in [1.807, 2.05) is 0 Å². The van der Waals surface area contributed by atoms with E-state index >= 15 is 0 Å². The molecule has 1 fully saturated rings. The SMILES string of the molecule is CC1(C)C[C@@](O)(c2ncc(-c3cc(Nc4nccc(C(F)(F)F)n4)cc(S(C)(=O)=O)c3)s2)CC[C@H]1C(=O)O. The second-order valence-corrected chi connectivity index (χ2v) is 13.1. The number of aliphatic hydroxyl groups is 1. The van der Waals surface area contributed by atoms with Crippen LogP contribution in [-0.2, 0) is 26.4 Å². The van der Waals surface area contributed by atoms with E-state index in [2.05, 4.69) is 20.3 Å². The summed E-state index contributed by atoms with van der Waals surface area (Å²) >= 11 is 1.13. The van der Waals surface area contributed by atoms with E-state index < -0.39 is 44.6 Å². The van der Waals surface area contributed by atoms with Crippen molar-refractivity contribution in [3.8, 4) is 10.4 Å². The van der Waals surface area contributed by atoms with Gasteiger partial charge in [0.2, 0.25) is 5.95 Å². The third-order valence-corrected chi connectivity index (χ3v) is 8.89. The summed E-state index contributed by atoms with van der Waals surface area (Å²) in [4.78, 5) is 23.7. The Bertz CT molecular complexity index is 1490. The van der Waals surface area contributed by atoms with Gasteiger partial charge >= 0.3 is 12.1 Å². The number of nitrogens with zero attached hydrogens (tertiary/aromatic N) is 3. The van der Waals surface area contributed by atoms with Crippen LogP contribution in [0.1, 0.15) is 43.8 Å². The van der Waals surface area contributed by atoms with Crippen LogP contribution in [0.25, 0.3) is 10.4 Å². The molecule has 3 aromatic rings. The standard InChI is InChI=1S/C24H25F3N4O5S2/c1-22(2)12-23(34,6-4-16(22)19(32)33)20-29-11-17(37-20)13-8-14(10-15(9-13)38(3,35)36)30-21-28-7-5-18(31-21)24(25,26)27/h5,7-11,16,34H,4,6,12H2,1-3H3,(H,32,33)(H,28,30,31)/t16-,23+/m0/s1. The van der Waals surface area contributed by atoms with Crippen LogP contribution in [0.5, 0.6) is 0 Å². The summed E-state index contributed by atoms with van der Waals surface area (Å²) < 4.78 is 63.9. The van der Waals surface area contributed by atoms with Gasteiger partial charge < -0.3 is 15.5 Å². The largest absolute Gasteiger partial charge is 0.481 e. The zero-order chi connectivity index (χ0) is 28.1. The molecule has 9 nitrogen and oxygen atoms in total. The fourth-order valence-electron chi connectivity index (χ4n) is 4.74. The van der Waals surface area contributed by atoms with Gasteiger partial charge in [-0.1, -0.05) is 13.8 Å². The predicted octanol–water partition coefficient (Wildman–Crippen LogP) is 4.86. The number of sulfone groups is 1. The average Bonchev–Trinajstić information content (AvgIpc) is 3.28. The Morgan fingerprint density at radius 1 is 1.21 bits per heavy atom. The van der Waals surface area contributed by atoms with Crippen LogP contribution in [0.15, 0.2) is 41.6 Å². The van der Waals surface area contributed by atoms with Gasteiger partial charge in [0.25, 0.3) is 0 Å². The first-order valence-electron chi connectivity index (χ1n) is 11.4. The highest BCUT2D eigenvalue weighted by Crippen LogP contribution is 2.51. The second-order valence-electron chi connectivity index (χ2n) is 10.1. The number of rotatable bonds is 6. The van der Waals surface area contributed by atoms with E-state index in [9.17, 15) is 36.6 Å². The summed E-state index contributed by atoms with van der Waals surface area (Å²) in [5.41, 5.74) is -2.68. The summed E-state index contributed by atoms with van der Waals surface area (Å²) in [5.74, 6) is -1.90. The minimum absolute atomic E-state index is 0.0961. The van der Waals surface area contributed by atoms with Crippen LogP contribution in [0.3, 0.4) is 0 Å². The van der Waals surface area contributed by atoms with E-state index in [0.29, 0.717) is 15.4 Å². The topological polar surface area (TPSA) is 142 Å². The molecule has 2 heterocycles. The van der Waals surface area contributed by atoms with Crippen LogP contribution < -0.4 is 5.32 Å². The van der Waals surface area contributed by atoms with Crippen molar-refractivity contribution in [1.29, 1.82) is 0 Å². The van der Waals surface area contributed by atoms with Crippen molar-refractivity contribution >= 4 is 38.8 Å². The monoisotopic (exact) mass is 570 g/mol. The number of hydrogen-bond donors (Lipinski definition) is 3. The lowest BCUT2D eigenvalue weighted by atomic mass is 9.63. The van der Waals surface area contributed by atoms with Gasteiger partial charge in [-0.15, -0.1) is 11.3 Å². The average molecular weight is 571 g/mol. The van der Waals surface area contributed by atoms with E-state index in [-0.39, 0.29) is 35.8 Å². The molecule has 4 rings (SSSR count). The van der Waals surface area contributed by atoms with Crippen LogP contribution in [0.4, 0.5) is 24.8 Å². The van der Waals surface area contributed by atoms with Crippen LogP contribution in [0.2, 0.25) is 0 Å². The molecule has 2 atom stereocenters. The lowest BCUT2D eigenvalue weighted by Gasteiger charge is -2.44. The molecule has 0 bridgehead atoms. The van der Waals surface area contributed by atoms with E-state index in [1.54, 1.807) is 13.8 Å². The Balaban J connectivity index is 1.69. The van der Waals surface area contributed by atoms with Crippen LogP contribution >= 0.6 is 11.3 Å². The van der Waals surface area contributed by atoms with Gasteiger partial charge in [0.05, 0.1) is 15.7 Å². The molecular weight excluding hydrogens is 545 g/mol. The van der Waals surface area contributed by atoms with Crippen LogP contribution in [-0.4, -0.2) is 45.8 Å². The lowest BCUT2D eigenvalue weighted by Crippen LogP contribution is -2.44. The Morgan fingerprint density at radius 3 is 2.53 bits per heavy atom. The molecule has 0 unspecified atom stereocenters. The normalized spacial score (nSPS) is 21.7. The smallest absolute Gasteiger partial charge is 0.433 e. The van der Waals surface area contributed by atoms with Gasteiger partial charge in [0, 0.05) is 24.3 Å². The number of carboxylic acids is 1. The second kappa shape index (κ2) is 9.58. The molecule has 0 aliphatic heterocycles. The molecule has 204 valence electrons. The molecule has 38 heavy (non-hydrogen) atoms. The highest BCUT2D eigenvalue weighted by Gasteiger charge is 2.49. The fourth-order valence-corrected chi connectivity index (χ4v) is 6.44. The molecule has 14 heteroatoms. The predicted molar refractivity (Wildman–Crippen MR) is 134 cm³/mol. The Labute approximate surface area is 220 Å². The minimum atomic E-state index is -4.68. The lowest BCUT2D eigenvalue weighted by molar-refractivity contribution is -0.154. The summed E-state index contributed by atoms with van der Waals surface area (Å²) in [5, 5.41) is 23.9. The number of nitrogens with one attached hydrogen (secondary N) is 1. The molecule has 1 aromatic carbocycles. The molecule has 1 saturated carbocycles. The number of thiazole rings is 1. The third kappa shape index (κ3) is 5.81. The molecule has 1 aliphatic rings. The molecule has 0 saturated heterocycles. The molecule has 1 aliphatic carbocycles. The summed E-state index contributed by atoms with van der Waals surface area (Å²) in [6.07, 6.45) is -0.633. The molecular formula is C24H25F3N4O5S2. The van der Waals surface area contributed by atoms with Crippen molar-refractivity contribution in [3.05, 3.63) is 47.4 Å². The van der Waals surface area contributed by atoms with Gasteiger partial charge in [-0.05, 0) is 54.5 Å². The van der Waals surface area contributed by atoms with Crippen molar-refractivity contribution in [2.24, 2.45) is 11.3 Å². The first-order chi connectivity index (χ1) is 17.5. The number of anilines is 2. The van der Waals surface area contributed by atoms with Crippen molar-refractivity contribution in [2.75, 3.05) is 11.6 Å². The quantitative estimate of drug-likeness (QED) is 0.378. The zero-order valence-corrected chi connectivity index (χ0v) is 22.2. The van der Waals surface area contributed by atoms with E-state index in [0.717, 1.165) is 29.9 Å². The molecule has 0 spiro atoms. The highest BCUT2D eigenvalue weighted by atomic mass is 32.2. The zero-order valence-electron chi connectivity index (χ0n) is 20.6. The number of halogens is 3. The number of carboxylic acid groups (broad SMARTS) is 1. The molecule has 3 N–H and O–H groups in total. The maximum absolute atomic E-state index is 13.1. The number of hydrogen-bond acceptors (Lipinski definition) is 9. The molecule has 0 radical (unpaired) electrons. The first kappa shape index (κ1) is 27.9. The van der Waals surface area contributed by atoms with Gasteiger partial charge in [-0.3, -0.25) is 4.79 Å². The van der Waals surface area contributed by atoms with Crippen molar-refractivity contribution in [1.82, 2.24) is 15.0 Å². The van der Waals surface area contributed by atoms with Crippen molar-refractivity contribution < 1.29 is 36.6 Å². The number of aromatic nitrogens is 3. The van der Waals surface area contributed by atoms with Crippen molar-refractivity contribution in [3.63, 3.8) is 0 Å². The highest BCUT2D eigenvalue weighted by molar-refractivity contribution is 7.90. The number of carbonyl (C=O) groups is 1. The van der Waals surface area contributed by atoms with Gasteiger partial charge in [0.15, 0.2) is 9.84 Å². The molecule has 0 amide bonds. The van der Waals surface area contributed by atoms with E-state index in [4.69, 9.17) is 0 Å². The number of benzene rings is 1. The van der Waals surface area contributed by atoms with Gasteiger partial charge in [-0.25, -0.2) is 23.4 Å². The Kier molecular flexibility index (Phi) is 7.04. The van der Waals surface area contributed by atoms with Crippen LogP contribution in [0, 0.1) is 11.3 Å². The summed E-state index contributed by atoms with van der Waals surface area (Å²) in [6.45, 7) is 3.57. The van der Waals surface area contributed by atoms with Gasteiger partial charge in [-0.2, -0.15) is 13.2 Å². The van der Waals surface area contributed by atoms with Gasteiger partial charge in [0.1, 0.15) is 16.3 Å². The fraction of sp³-hybridized carbons (Fsp3) is 0.417.